The van der Waals surface area contributed by atoms with Crippen LogP contribution in [0.25, 0.3) is 0 Å². The molecule has 0 unspecified atom stereocenters. The molecule has 0 heterocycles. The van der Waals surface area contributed by atoms with Gasteiger partial charge in [0, 0.05) is 0 Å². The maximum atomic E-state index is 10.6. The van der Waals surface area contributed by atoms with Crippen molar-refractivity contribution in [2.45, 2.75) is 12.8 Å². The van der Waals surface area contributed by atoms with Gasteiger partial charge in [0.1, 0.15) is 0 Å². The standard InChI is InChI=1S/C7H8O8.4H2O/c8-3(9)1-7(5(12)13,6(14)15)2-4(10)11;;;;/h1-2H2,(H,8,9)(H,10,11)(H,12,13)(H,14,15);4*1H2. The minimum absolute atomic E-state index is 0. The summed E-state index contributed by atoms with van der Waals surface area (Å²) in [6.45, 7) is 0. The zero-order chi connectivity index (χ0) is 12.2. The molecule has 12 nitrogen and oxygen atoms in total. The van der Waals surface area contributed by atoms with Crippen LogP contribution in [0, 0.1) is 5.41 Å². The fourth-order valence-corrected chi connectivity index (χ4v) is 0.973. The van der Waals surface area contributed by atoms with Gasteiger partial charge in [-0.15, -0.1) is 0 Å². The molecule has 0 saturated carbocycles. The van der Waals surface area contributed by atoms with Gasteiger partial charge in [-0.1, -0.05) is 0 Å². The quantitative estimate of drug-likeness (QED) is 0.347. The van der Waals surface area contributed by atoms with Crippen molar-refractivity contribution >= 4 is 23.9 Å². The predicted octanol–water partition coefficient (Wildman–Crippen LogP) is -4.21. The van der Waals surface area contributed by atoms with Crippen LogP contribution in [0.1, 0.15) is 12.8 Å². The number of aliphatic carboxylic acids is 4. The summed E-state index contributed by atoms with van der Waals surface area (Å²) >= 11 is 0. The van der Waals surface area contributed by atoms with E-state index in [1.165, 1.54) is 0 Å². The van der Waals surface area contributed by atoms with E-state index in [9.17, 15) is 19.2 Å². The second-order valence-electron chi connectivity index (χ2n) is 2.83. The minimum Gasteiger partial charge on any atom is -0.481 e. The molecule has 0 aromatic rings. The lowest BCUT2D eigenvalue weighted by Gasteiger charge is -2.20. The van der Waals surface area contributed by atoms with Crippen LogP contribution in [0.5, 0.6) is 0 Å². The number of hydrogen-bond acceptors (Lipinski definition) is 4. The van der Waals surface area contributed by atoms with Crippen molar-refractivity contribution in [1.82, 2.24) is 0 Å². The molecule has 0 saturated heterocycles. The van der Waals surface area contributed by atoms with E-state index < -0.39 is 42.1 Å². The first-order chi connectivity index (χ1) is 6.72. The number of carboxylic acid groups (broad SMARTS) is 4. The molecule has 19 heavy (non-hydrogen) atoms. The normalized spacial score (nSPS) is 8.42. The Bertz CT molecular complexity index is 288. The van der Waals surface area contributed by atoms with Gasteiger partial charge < -0.3 is 42.3 Å². The highest BCUT2D eigenvalue weighted by Gasteiger charge is 2.50. The minimum atomic E-state index is -2.82. The van der Waals surface area contributed by atoms with E-state index in [1.54, 1.807) is 0 Å². The summed E-state index contributed by atoms with van der Waals surface area (Å²) in [6.07, 6.45) is -2.58. The van der Waals surface area contributed by atoms with Gasteiger partial charge in [-0.25, -0.2) is 0 Å². The number of hydrogen-bond donors (Lipinski definition) is 4. The van der Waals surface area contributed by atoms with Crippen LogP contribution in [0.4, 0.5) is 0 Å². The van der Waals surface area contributed by atoms with E-state index in [2.05, 4.69) is 0 Å². The highest BCUT2D eigenvalue weighted by Crippen LogP contribution is 2.27. The third-order valence-electron chi connectivity index (χ3n) is 1.72. The van der Waals surface area contributed by atoms with E-state index in [1.807, 2.05) is 0 Å². The summed E-state index contributed by atoms with van der Waals surface area (Å²) in [5.74, 6) is -7.36. The SMILES string of the molecule is O.O.O.O.O=C(O)CC(CC(=O)O)(C(=O)O)C(=O)O. The van der Waals surface area contributed by atoms with Crippen molar-refractivity contribution in [2.24, 2.45) is 5.41 Å². The molecule has 0 rings (SSSR count). The van der Waals surface area contributed by atoms with Crippen LogP contribution in [-0.4, -0.2) is 66.2 Å². The zero-order valence-corrected chi connectivity index (χ0v) is 9.34. The molecule has 0 fully saturated rings. The highest BCUT2D eigenvalue weighted by molar-refractivity contribution is 6.03. The van der Waals surface area contributed by atoms with Gasteiger partial charge in [0.2, 0.25) is 0 Å². The predicted molar refractivity (Wildman–Crippen MR) is 56.7 cm³/mol. The lowest BCUT2D eigenvalue weighted by molar-refractivity contribution is -0.173. The summed E-state index contributed by atoms with van der Waals surface area (Å²) in [6, 6.07) is 0. The van der Waals surface area contributed by atoms with Gasteiger partial charge in [-0.3, -0.25) is 19.2 Å². The third-order valence-corrected chi connectivity index (χ3v) is 1.72. The van der Waals surface area contributed by atoms with E-state index in [-0.39, 0.29) is 21.9 Å². The highest BCUT2D eigenvalue weighted by atomic mass is 16.4. The molecule has 12 N–H and O–H groups in total. The first-order valence-electron chi connectivity index (χ1n) is 3.63. The monoisotopic (exact) mass is 292 g/mol. The Balaban J connectivity index is -0.000000163. The van der Waals surface area contributed by atoms with Crippen LogP contribution in [-0.2, 0) is 19.2 Å². The van der Waals surface area contributed by atoms with Crippen LogP contribution < -0.4 is 0 Å². The first-order valence-corrected chi connectivity index (χ1v) is 3.63. The Morgan fingerprint density at radius 3 is 0.947 bits per heavy atom. The maximum absolute atomic E-state index is 10.6. The second-order valence-corrected chi connectivity index (χ2v) is 2.83. The zero-order valence-electron chi connectivity index (χ0n) is 9.34. The van der Waals surface area contributed by atoms with Crippen molar-refractivity contribution in [1.29, 1.82) is 0 Å². The van der Waals surface area contributed by atoms with Crippen molar-refractivity contribution in [3.63, 3.8) is 0 Å². The molecule has 0 aliphatic rings. The van der Waals surface area contributed by atoms with Gasteiger partial charge in [0.15, 0.2) is 5.41 Å². The average molecular weight is 292 g/mol. The number of rotatable bonds is 6. The molecule has 0 aromatic carbocycles. The van der Waals surface area contributed by atoms with Crippen LogP contribution in [0.2, 0.25) is 0 Å². The Hall–Kier alpha value is -2.28. The Morgan fingerprint density at radius 1 is 0.632 bits per heavy atom. The van der Waals surface area contributed by atoms with Crippen molar-refractivity contribution in [2.75, 3.05) is 0 Å². The maximum Gasteiger partial charge on any atom is 0.322 e. The van der Waals surface area contributed by atoms with Crippen molar-refractivity contribution < 1.29 is 61.5 Å². The van der Waals surface area contributed by atoms with Gasteiger partial charge in [-0.2, -0.15) is 0 Å². The molecule has 0 bridgehead atoms. The lowest BCUT2D eigenvalue weighted by Crippen LogP contribution is -2.43. The first kappa shape index (κ1) is 30.1. The Labute approximate surface area is 105 Å². The average Bonchev–Trinajstić information content (AvgIpc) is 1.99. The fraction of sp³-hybridized carbons (Fsp3) is 0.429. The van der Waals surface area contributed by atoms with E-state index in [4.69, 9.17) is 20.4 Å². The number of carbonyl (C=O) groups is 4. The molecular formula is C7H16O12. The number of carboxylic acids is 4. The summed E-state index contributed by atoms with van der Waals surface area (Å²) in [4.78, 5) is 41.8. The molecule has 0 radical (unpaired) electrons. The molecule has 0 spiro atoms. The summed E-state index contributed by atoms with van der Waals surface area (Å²) < 4.78 is 0. The van der Waals surface area contributed by atoms with Crippen LogP contribution in [0.15, 0.2) is 0 Å². The molecule has 0 aliphatic heterocycles. The van der Waals surface area contributed by atoms with Gasteiger partial charge in [-0.05, 0) is 0 Å². The third kappa shape index (κ3) is 7.61. The molecular weight excluding hydrogens is 276 g/mol. The van der Waals surface area contributed by atoms with Gasteiger partial charge in [0.25, 0.3) is 0 Å². The Morgan fingerprint density at radius 2 is 0.842 bits per heavy atom. The van der Waals surface area contributed by atoms with Crippen LogP contribution in [0.3, 0.4) is 0 Å². The summed E-state index contributed by atoms with van der Waals surface area (Å²) in [5, 5.41) is 33.8. The fourth-order valence-electron chi connectivity index (χ4n) is 0.973. The molecule has 116 valence electrons. The van der Waals surface area contributed by atoms with Gasteiger partial charge in [0.05, 0.1) is 12.8 Å². The van der Waals surface area contributed by atoms with E-state index in [0.29, 0.717) is 0 Å². The molecule has 0 aromatic heterocycles. The summed E-state index contributed by atoms with van der Waals surface area (Å²) in [7, 11) is 0. The molecule has 0 amide bonds. The second kappa shape index (κ2) is 10.8. The van der Waals surface area contributed by atoms with Gasteiger partial charge >= 0.3 is 23.9 Å². The van der Waals surface area contributed by atoms with Crippen LogP contribution >= 0.6 is 0 Å². The summed E-state index contributed by atoms with van der Waals surface area (Å²) in [5.41, 5.74) is -2.82. The van der Waals surface area contributed by atoms with Crippen molar-refractivity contribution in [3.05, 3.63) is 0 Å². The topological polar surface area (TPSA) is 275 Å². The van der Waals surface area contributed by atoms with E-state index >= 15 is 0 Å². The molecule has 0 atom stereocenters. The van der Waals surface area contributed by atoms with E-state index in [0.717, 1.165) is 0 Å². The Kier molecular flexibility index (Phi) is 17.2. The molecule has 12 heteroatoms. The smallest absolute Gasteiger partial charge is 0.322 e. The largest absolute Gasteiger partial charge is 0.481 e. The lowest BCUT2D eigenvalue weighted by atomic mass is 9.81. The molecule has 0 aliphatic carbocycles. The van der Waals surface area contributed by atoms with Crippen molar-refractivity contribution in [3.8, 4) is 0 Å².